The second kappa shape index (κ2) is 5.41. The van der Waals surface area contributed by atoms with Crippen molar-refractivity contribution in [3.63, 3.8) is 0 Å². The third kappa shape index (κ3) is 4.07. The molecular weight excluding hydrogens is 238 g/mol. The molecule has 0 aromatic heterocycles. The molecule has 0 bridgehead atoms. The predicted octanol–water partition coefficient (Wildman–Crippen LogP) is 2.27. The molecule has 19 heavy (non-hydrogen) atoms. The van der Waals surface area contributed by atoms with Gasteiger partial charge in [-0.3, -0.25) is 4.79 Å². The maximum Gasteiger partial charge on any atom is 0.224 e. The van der Waals surface area contributed by atoms with Crippen molar-refractivity contribution in [3.05, 3.63) is 48.0 Å². The molecule has 0 heterocycles. The summed E-state index contributed by atoms with van der Waals surface area (Å²) in [5.74, 6) is -0.0718. The molecule has 0 saturated heterocycles. The van der Waals surface area contributed by atoms with E-state index in [9.17, 15) is 9.90 Å². The monoisotopic (exact) mass is 257 g/mol. The summed E-state index contributed by atoms with van der Waals surface area (Å²) in [7, 11) is 0. The standard InChI is InChI=1S/C16H19NO2/c1-16(2,19)11-17-15(18)10-12-7-8-13-5-3-4-6-14(13)9-12/h3-9,19H,10-11H2,1-2H3,(H,17,18). The normalized spacial score (nSPS) is 11.5. The van der Waals surface area contributed by atoms with Crippen molar-refractivity contribution < 1.29 is 9.90 Å². The number of hydrogen-bond acceptors (Lipinski definition) is 2. The zero-order valence-electron chi connectivity index (χ0n) is 11.3. The molecule has 0 saturated carbocycles. The summed E-state index contributed by atoms with van der Waals surface area (Å²) in [5, 5.41) is 14.6. The smallest absolute Gasteiger partial charge is 0.224 e. The van der Waals surface area contributed by atoms with Crippen LogP contribution in [0.15, 0.2) is 42.5 Å². The highest BCUT2D eigenvalue weighted by Gasteiger charge is 2.13. The molecule has 0 fully saturated rings. The van der Waals surface area contributed by atoms with E-state index >= 15 is 0 Å². The first-order chi connectivity index (χ1) is 8.94. The maximum atomic E-state index is 11.8. The Kier molecular flexibility index (Phi) is 3.86. The van der Waals surface area contributed by atoms with Crippen LogP contribution < -0.4 is 5.32 Å². The van der Waals surface area contributed by atoms with Gasteiger partial charge in [0.05, 0.1) is 12.0 Å². The van der Waals surface area contributed by atoms with Crippen molar-refractivity contribution in [1.82, 2.24) is 5.32 Å². The van der Waals surface area contributed by atoms with Crippen molar-refractivity contribution in [3.8, 4) is 0 Å². The fraction of sp³-hybridized carbons (Fsp3) is 0.312. The average Bonchev–Trinajstić information content (AvgIpc) is 2.35. The second-order valence-electron chi connectivity index (χ2n) is 5.45. The molecule has 0 aliphatic rings. The van der Waals surface area contributed by atoms with Crippen molar-refractivity contribution >= 4 is 16.7 Å². The van der Waals surface area contributed by atoms with Gasteiger partial charge in [-0.2, -0.15) is 0 Å². The Balaban J connectivity index is 2.03. The molecule has 0 aliphatic carbocycles. The number of fused-ring (bicyclic) bond motifs is 1. The Hall–Kier alpha value is -1.87. The predicted molar refractivity (Wildman–Crippen MR) is 77.0 cm³/mol. The number of amides is 1. The fourth-order valence-corrected chi connectivity index (χ4v) is 1.91. The van der Waals surface area contributed by atoms with Crippen LogP contribution in [0.3, 0.4) is 0 Å². The maximum absolute atomic E-state index is 11.8. The van der Waals surface area contributed by atoms with E-state index in [4.69, 9.17) is 0 Å². The average molecular weight is 257 g/mol. The number of nitrogens with one attached hydrogen (secondary N) is 1. The Labute approximate surface area is 113 Å². The topological polar surface area (TPSA) is 49.3 Å². The molecule has 2 aromatic carbocycles. The fourth-order valence-electron chi connectivity index (χ4n) is 1.91. The molecule has 2 rings (SSSR count). The Bertz CT molecular complexity index is 585. The number of aliphatic hydroxyl groups is 1. The van der Waals surface area contributed by atoms with E-state index in [1.54, 1.807) is 13.8 Å². The summed E-state index contributed by atoms with van der Waals surface area (Å²) in [4.78, 5) is 11.8. The number of rotatable bonds is 4. The summed E-state index contributed by atoms with van der Waals surface area (Å²) >= 11 is 0. The zero-order chi connectivity index (χ0) is 13.9. The zero-order valence-corrected chi connectivity index (χ0v) is 11.3. The van der Waals surface area contributed by atoms with E-state index in [1.165, 1.54) is 5.39 Å². The summed E-state index contributed by atoms with van der Waals surface area (Å²) in [6.45, 7) is 3.60. The molecule has 2 aromatic rings. The molecule has 0 atom stereocenters. The van der Waals surface area contributed by atoms with Gasteiger partial charge < -0.3 is 10.4 Å². The van der Waals surface area contributed by atoms with Gasteiger partial charge in [-0.15, -0.1) is 0 Å². The number of hydrogen-bond donors (Lipinski definition) is 2. The van der Waals surface area contributed by atoms with Gasteiger partial charge in [0.1, 0.15) is 0 Å². The first-order valence-corrected chi connectivity index (χ1v) is 6.41. The number of carbonyl (C=O) groups excluding carboxylic acids is 1. The summed E-state index contributed by atoms with van der Waals surface area (Å²) in [5.41, 5.74) is 0.103. The summed E-state index contributed by atoms with van der Waals surface area (Å²) in [6.07, 6.45) is 0.334. The van der Waals surface area contributed by atoms with Gasteiger partial charge >= 0.3 is 0 Å². The van der Waals surface area contributed by atoms with Gasteiger partial charge in [-0.05, 0) is 30.2 Å². The van der Waals surface area contributed by atoms with E-state index in [0.717, 1.165) is 10.9 Å². The first-order valence-electron chi connectivity index (χ1n) is 6.41. The molecule has 0 radical (unpaired) electrons. The third-order valence-corrected chi connectivity index (χ3v) is 2.90. The lowest BCUT2D eigenvalue weighted by molar-refractivity contribution is -0.121. The highest BCUT2D eigenvalue weighted by Crippen LogP contribution is 2.15. The van der Waals surface area contributed by atoms with Crippen LogP contribution in [0.1, 0.15) is 19.4 Å². The Morgan fingerprint density at radius 1 is 1.16 bits per heavy atom. The van der Waals surface area contributed by atoms with Crippen LogP contribution in [0.2, 0.25) is 0 Å². The van der Waals surface area contributed by atoms with E-state index < -0.39 is 5.60 Å². The minimum Gasteiger partial charge on any atom is -0.389 e. The summed E-state index contributed by atoms with van der Waals surface area (Å²) < 4.78 is 0. The lowest BCUT2D eigenvalue weighted by atomic mass is 10.0. The van der Waals surface area contributed by atoms with Gasteiger partial charge in [-0.25, -0.2) is 0 Å². The molecule has 2 N–H and O–H groups in total. The van der Waals surface area contributed by atoms with Crippen LogP contribution in [0.25, 0.3) is 10.8 Å². The van der Waals surface area contributed by atoms with E-state index in [1.807, 2.05) is 42.5 Å². The molecule has 0 aliphatic heterocycles. The van der Waals surface area contributed by atoms with Crippen molar-refractivity contribution in [2.75, 3.05) is 6.54 Å². The largest absolute Gasteiger partial charge is 0.389 e. The lowest BCUT2D eigenvalue weighted by Gasteiger charge is -2.17. The molecular formula is C16H19NO2. The van der Waals surface area contributed by atoms with E-state index in [0.29, 0.717) is 6.42 Å². The van der Waals surface area contributed by atoms with Crippen LogP contribution in [-0.2, 0) is 11.2 Å². The van der Waals surface area contributed by atoms with Crippen molar-refractivity contribution in [2.45, 2.75) is 25.9 Å². The Morgan fingerprint density at radius 3 is 2.53 bits per heavy atom. The van der Waals surface area contributed by atoms with Gasteiger partial charge in [-0.1, -0.05) is 42.5 Å². The van der Waals surface area contributed by atoms with Crippen LogP contribution in [0.5, 0.6) is 0 Å². The highest BCUT2D eigenvalue weighted by atomic mass is 16.3. The van der Waals surface area contributed by atoms with E-state index in [-0.39, 0.29) is 12.5 Å². The van der Waals surface area contributed by atoms with Crippen LogP contribution in [0, 0.1) is 0 Å². The van der Waals surface area contributed by atoms with Crippen LogP contribution >= 0.6 is 0 Å². The number of benzene rings is 2. The molecule has 3 nitrogen and oxygen atoms in total. The minimum atomic E-state index is -0.876. The second-order valence-corrected chi connectivity index (χ2v) is 5.45. The number of carbonyl (C=O) groups is 1. The lowest BCUT2D eigenvalue weighted by Crippen LogP contribution is -2.38. The quantitative estimate of drug-likeness (QED) is 0.882. The van der Waals surface area contributed by atoms with E-state index in [2.05, 4.69) is 5.32 Å². The van der Waals surface area contributed by atoms with Gasteiger partial charge in [0.25, 0.3) is 0 Å². The van der Waals surface area contributed by atoms with Crippen LogP contribution in [-0.4, -0.2) is 23.2 Å². The molecule has 0 unspecified atom stereocenters. The van der Waals surface area contributed by atoms with Gasteiger partial charge in [0, 0.05) is 6.54 Å². The van der Waals surface area contributed by atoms with Gasteiger partial charge in [0.15, 0.2) is 0 Å². The van der Waals surface area contributed by atoms with Crippen molar-refractivity contribution in [1.29, 1.82) is 0 Å². The molecule has 100 valence electrons. The SMILES string of the molecule is CC(C)(O)CNC(=O)Cc1ccc2ccccc2c1. The summed E-state index contributed by atoms with van der Waals surface area (Å²) in [6, 6.07) is 14.1. The molecule has 1 amide bonds. The molecule has 0 spiro atoms. The third-order valence-electron chi connectivity index (χ3n) is 2.90. The highest BCUT2D eigenvalue weighted by molar-refractivity contribution is 5.85. The van der Waals surface area contributed by atoms with Gasteiger partial charge in [0.2, 0.25) is 5.91 Å². The first kappa shape index (κ1) is 13.6. The van der Waals surface area contributed by atoms with Crippen LogP contribution in [0.4, 0.5) is 0 Å². The Morgan fingerprint density at radius 2 is 1.84 bits per heavy atom. The molecule has 3 heteroatoms. The van der Waals surface area contributed by atoms with Crippen molar-refractivity contribution in [2.24, 2.45) is 0 Å². The minimum absolute atomic E-state index is 0.0718.